The molecule has 0 radical (unpaired) electrons. The molecular weight excluding hydrogens is 216 g/mol. The number of rotatable bonds is 5. The predicted molar refractivity (Wildman–Crippen MR) is 69.2 cm³/mol. The first-order valence-corrected chi connectivity index (χ1v) is 6.88. The molecule has 4 nitrogen and oxygen atoms in total. The van der Waals surface area contributed by atoms with Gasteiger partial charge in [0, 0.05) is 32.8 Å². The number of carbonyl (C=O) groups excluding carboxylic acids is 1. The third-order valence-electron chi connectivity index (χ3n) is 3.24. The normalized spacial score (nSPS) is 20.4. The van der Waals surface area contributed by atoms with Crippen LogP contribution >= 0.6 is 0 Å². The molecule has 0 spiro atoms. The molecule has 1 rings (SSSR count). The van der Waals surface area contributed by atoms with Gasteiger partial charge in [0.25, 0.3) is 0 Å². The van der Waals surface area contributed by atoms with Crippen LogP contribution < -0.4 is 0 Å². The van der Waals surface area contributed by atoms with Crippen LogP contribution in [0.3, 0.4) is 0 Å². The van der Waals surface area contributed by atoms with E-state index in [-0.39, 0.29) is 12.1 Å². The summed E-state index contributed by atoms with van der Waals surface area (Å²) in [5.41, 5.74) is 0. The number of nitrogens with zero attached hydrogens (tertiary/aromatic N) is 2. The van der Waals surface area contributed by atoms with Gasteiger partial charge < -0.3 is 14.5 Å². The van der Waals surface area contributed by atoms with Crippen molar-refractivity contribution in [2.45, 2.75) is 46.1 Å². The molecule has 0 N–H and O–H groups in total. The Hall–Kier alpha value is -0.770. The Balaban J connectivity index is 2.45. The molecule has 2 amide bonds. The molecule has 1 aliphatic rings. The summed E-state index contributed by atoms with van der Waals surface area (Å²) < 4.78 is 5.75. The standard InChI is InChI=1S/C13H26N2O2/c1-4-10-17-12-8-7-9-15(11-12)13(16)14(5-2)6-3/h12H,4-11H2,1-3H3. The van der Waals surface area contributed by atoms with Crippen molar-refractivity contribution in [1.29, 1.82) is 0 Å². The molecule has 0 aliphatic carbocycles. The van der Waals surface area contributed by atoms with E-state index in [4.69, 9.17) is 4.74 Å². The second-order valence-electron chi connectivity index (χ2n) is 4.54. The van der Waals surface area contributed by atoms with E-state index < -0.39 is 0 Å². The summed E-state index contributed by atoms with van der Waals surface area (Å²) in [6, 6.07) is 0.166. The maximum Gasteiger partial charge on any atom is 0.320 e. The van der Waals surface area contributed by atoms with E-state index in [0.717, 1.165) is 52.0 Å². The topological polar surface area (TPSA) is 32.8 Å². The van der Waals surface area contributed by atoms with Crippen molar-refractivity contribution >= 4 is 6.03 Å². The zero-order chi connectivity index (χ0) is 12.7. The number of ether oxygens (including phenoxy) is 1. The molecule has 1 atom stereocenters. The minimum absolute atomic E-state index is 0.166. The molecule has 100 valence electrons. The van der Waals surface area contributed by atoms with Crippen LogP contribution in [0.4, 0.5) is 4.79 Å². The van der Waals surface area contributed by atoms with Gasteiger partial charge in [0.05, 0.1) is 6.10 Å². The number of carbonyl (C=O) groups is 1. The van der Waals surface area contributed by atoms with E-state index in [2.05, 4.69) is 6.92 Å². The van der Waals surface area contributed by atoms with E-state index in [1.54, 1.807) is 0 Å². The Morgan fingerprint density at radius 1 is 1.35 bits per heavy atom. The lowest BCUT2D eigenvalue weighted by Crippen LogP contribution is -2.49. The van der Waals surface area contributed by atoms with Gasteiger partial charge in [-0.1, -0.05) is 6.92 Å². The van der Waals surface area contributed by atoms with Crippen molar-refractivity contribution < 1.29 is 9.53 Å². The summed E-state index contributed by atoms with van der Waals surface area (Å²) in [4.78, 5) is 16.0. The van der Waals surface area contributed by atoms with Crippen LogP contribution in [0.1, 0.15) is 40.0 Å². The molecule has 17 heavy (non-hydrogen) atoms. The van der Waals surface area contributed by atoms with Crippen LogP contribution in [0.15, 0.2) is 0 Å². The van der Waals surface area contributed by atoms with Gasteiger partial charge in [0.15, 0.2) is 0 Å². The third-order valence-corrected chi connectivity index (χ3v) is 3.24. The van der Waals surface area contributed by atoms with Crippen molar-refractivity contribution in [1.82, 2.24) is 9.80 Å². The van der Waals surface area contributed by atoms with Gasteiger partial charge in [-0.15, -0.1) is 0 Å². The molecule has 1 saturated heterocycles. The van der Waals surface area contributed by atoms with Crippen LogP contribution in [-0.4, -0.2) is 54.7 Å². The maximum atomic E-state index is 12.2. The Morgan fingerprint density at radius 2 is 2.06 bits per heavy atom. The zero-order valence-corrected chi connectivity index (χ0v) is 11.4. The molecule has 1 fully saturated rings. The van der Waals surface area contributed by atoms with E-state index >= 15 is 0 Å². The fourth-order valence-electron chi connectivity index (χ4n) is 2.23. The first-order valence-electron chi connectivity index (χ1n) is 6.88. The minimum atomic E-state index is 0.166. The molecule has 0 aromatic carbocycles. The van der Waals surface area contributed by atoms with E-state index in [1.165, 1.54) is 0 Å². The number of likely N-dealkylation sites (tertiary alicyclic amines) is 1. The van der Waals surface area contributed by atoms with Gasteiger partial charge in [-0.05, 0) is 33.1 Å². The van der Waals surface area contributed by atoms with Gasteiger partial charge in [-0.3, -0.25) is 0 Å². The lowest BCUT2D eigenvalue weighted by atomic mass is 10.1. The molecule has 1 heterocycles. The predicted octanol–water partition coefficient (Wildman–Crippen LogP) is 2.34. The monoisotopic (exact) mass is 242 g/mol. The summed E-state index contributed by atoms with van der Waals surface area (Å²) in [5, 5.41) is 0. The number of urea groups is 1. The summed E-state index contributed by atoms with van der Waals surface area (Å²) in [5.74, 6) is 0. The fourth-order valence-corrected chi connectivity index (χ4v) is 2.23. The highest BCUT2D eigenvalue weighted by atomic mass is 16.5. The highest BCUT2D eigenvalue weighted by Gasteiger charge is 2.26. The average molecular weight is 242 g/mol. The lowest BCUT2D eigenvalue weighted by Gasteiger charge is -2.35. The van der Waals surface area contributed by atoms with Crippen molar-refractivity contribution in [3.63, 3.8) is 0 Å². The number of hydrogen-bond donors (Lipinski definition) is 0. The third kappa shape index (κ3) is 4.19. The van der Waals surface area contributed by atoms with Gasteiger partial charge in [-0.25, -0.2) is 4.79 Å². The van der Waals surface area contributed by atoms with Crippen molar-refractivity contribution in [3.8, 4) is 0 Å². The van der Waals surface area contributed by atoms with Crippen LogP contribution in [0.5, 0.6) is 0 Å². The molecule has 1 unspecified atom stereocenters. The first-order chi connectivity index (χ1) is 8.22. The molecule has 1 aliphatic heterocycles. The smallest absolute Gasteiger partial charge is 0.320 e. The molecule has 0 aromatic rings. The summed E-state index contributed by atoms with van der Waals surface area (Å²) in [7, 11) is 0. The van der Waals surface area contributed by atoms with Crippen molar-refractivity contribution in [2.24, 2.45) is 0 Å². The van der Waals surface area contributed by atoms with Crippen molar-refractivity contribution in [3.05, 3.63) is 0 Å². The number of amides is 2. The lowest BCUT2D eigenvalue weighted by molar-refractivity contribution is 0.00602. The van der Waals surface area contributed by atoms with Crippen molar-refractivity contribution in [2.75, 3.05) is 32.8 Å². The van der Waals surface area contributed by atoms with E-state index in [0.29, 0.717) is 0 Å². The van der Waals surface area contributed by atoms with E-state index in [9.17, 15) is 4.79 Å². The quantitative estimate of drug-likeness (QED) is 0.741. The Bertz CT molecular complexity index is 229. The molecule has 4 heteroatoms. The number of hydrogen-bond acceptors (Lipinski definition) is 2. The van der Waals surface area contributed by atoms with Gasteiger partial charge in [0.1, 0.15) is 0 Å². The Morgan fingerprint density at radius 3 is 2.65 bits per heavy atom. The van der Waals surface area contributed by atoms with Crippen LogP contribution in [0.25, 0.3) is 0 Å². The Kier molecular flexibility index (Phi) is 6.34. The van der Waals surface area contributed by atoms with E-state index in [1.807, 2.05) is 23.6 Å². The fraction of sp³-hybridized carbons (Fsp3) is 0.923. The summed E-state index contributed by atoms with van der Waals surface area (Å²) in [6.45, 7) is 10.2. The van der Waals surface area contributed by atoms with Crippen LogP contribution in [-0.2, 0) is 4.74 Å². The second-order valence-corrected chi connectivity index (χ2v) is 4.54. The summed E-state index contributed by atoms with van der Waals surface area (Å²) >= 11 is 0. The number of piperidine rings is 1. The maximum absolute atomic E-state index is 12.2. The van der Waals surface area contributed by atoms with Gasteiger partial charge in [-0.2, -0.15) is 0 Å². The Labute approximate surface area is 105 Å². The molecule has 0 bridgehead atoms. The second kappa shape index (κ2) is 7.54. The minimum Gasteiger partial charge on any atom is -0.376 e. The van der Waals surface area contributed by atoms with Gasteiger partial charge >= 0.3 is 6.03 Å². The van der Waals surface area contributed by atoms with Gasteiger partial charge in [0.2, 0.25) is 0 Å². The average Bonchev–Trinajstić information content (AvgIpc) is 2.38. The SMILES string of the molecule is CCCOC1CCCN(C(=O)N(CC)CC)C1. The summed E-state index contributed by atoms with van der Waals surface area (Å²) in [6.07, 6.45) is 3.42. The molecule has 0 aromatic heterocycles. The zero-order valence-electron chi connectivity index (χ0n) is 11.4. The van der Waals surface area contributed by atoms with Crippen LogP contribution in [0.2, 0.25) is 0 Å². The first kappa shape index (κ1) is 14.3. The highest BCUT2D eigenvalue weighted by Crippen LogP contribution is 2.15. The molecular formula is C13H26N2O2. The largest absolute Gasteiger partial charge is 0.376 e. The highest BCUT2D eigenvalue weighted by molar-refractivity contribution is 5.74. The van der Waals surface area contributed by atoms with Crippen LogP contribution in [0, 0.1) is 0 Å². The molecule has 0 saturated carbocycles.